The Labute approximate surface area is 113 Å². The van der Waals surface area contributed by atoms with E-state index in [1.165, 1.54) is 6.07 Å². The number of rotatable bonds is 3. The van der Waals surface area contributed by atoms with Crippen molar-refractivity contribution in [2.45, 2.75) is 0 Å². The van der Waals surface area contributed by atoms with Crippen molar-refractivity contribution in [3.8, 4) is 11.1 Å². The molecule has 1 heterocycles. The van der Waals surface area contributed by atoms with Crippen molar-refractivity contribution < 1.29 is 9.90 Å². The van der Waals surface area contributed by atoms with E-state index >= 15 is 0 Å². The van der Waals surface area contributed by atoms with Gasteiger partial charge in [-0.2, -0.15) is 11.3 Å². The smallest absolute Gasteiger partial charge is 0.337 e. The highest BCUT2D eigenvalue weighted by molar-refractivity contribution is 7.80. The summed E-state index contributed by atoms with van der Waals surface area (Å²) in [7, 11) is 0. The molecule has 6 heteroatoms. The average molecular weight is 278 g/mol. The summed E-state index contributed by atoms with van der Waals surface area (Å²) in [5, 5.41) is 15.8. The van der Waals surface area contributed by atoms with E-state index in [4.69, 9.17) is 23.1 Å². The number of carboxylic acid groups (broad SMARTS) is 1. The van der Waals surface area contributed by atoms with Crippen LogP contribution in [0.4, 0.5) is 5.69 Å². The van der Waals surface area contributed by atoms with Gasteiger partial charge in [-0.05, 0) is 52.3 Å². The van der Waals surface area contributed by atoms with Crippen molar-refractivity contribution in [2.75, 3.05) is 5.32 Å². The highest BCUT2D eigenvalue weighted by Crippen LogP contribution is 2.27. The lowest BCUT2D eigenvalue weighted by Crippen LogP contribution is -2.20. The number of anilines is 1. The molecule has 4 N–H and O–H groups in total. The van der Waals surface area contributed by atoms with Crippen molar-refractivity contribution in [3.05, 3.63) is 40.6 Å². The molecule has 92 valence electrons. The van der Waals surface area contributed by atoms with Gasteiger partial charge in [-0.3, -0.25) is 0 Å². The van der Waals surface area contributed by atoms with Gasteiger partial charge in [0.05, 0.1) is 11.3 Å². The van der Waals surface area contributed by atoms with Crippen LogP contribution >= 0.6 is 23.6 Å². The second kappa shape index (κ2) is 5.16. The Morgan fingerprint density at radius 3 is 2.67 bits per heavy atom. The van der Waals surface area contributed by atoms with Gasteiger partial charge in [0.2, 0.25) is 0 Å². The first-order valence-corrected chi connectivity index (χ1v) is 6.39. The lowest BCUT2D eigenvalue weighted by atomic mass is 10.0. The van der Waals surface area contributed by atoms with Crippen LogP contribution in [0.15, 0.2) is 35.0 Å². The summed E-state index contributed by atoms with van der Waals surface area (Å²) < 4.78 is 0. The molecule has 4 nitrogen and oxygen atoms in total. The number of benzene rings is 1. The number of aromatic carboxylic acids is 1. The monoisotopic (exact) mass is 278 g/mol. The maximum atomic E-state index is 11.1. The van der Waals surface area contributed by atoms with Crippen LogP contribution in [0.25, 0.3) is 11.1 Å². The number of nitrogens with two attached hydrogens (primary N) is 1. The summed E-state index contributed by atoms with van der Waals surface area (Å²) in [4.78, 5) is 11.1. The average Bonchev–Trinajstić information content (AvgIpc) is 2.81. The van der Waals surface area contributed by atoms with Gasteiger partial charge in [-0.15, -0.1) is 0 Å². The molecule has 0 saturated heterocycles. The SMILES string of the molecule is NC(=S)Nc1cc(-c2ccsc2)ccc1C(=O)O. The fraction of sp³-hybridized carbons (Fsp3) is 0. The number of nitrogens with one attached hydrogen (secondary N) is 1. The molecule has 0 aliphatic rings. The van der Waals surface area contributed by atoms with Gasteiger partial charge in [-0.1, -0.05) is 6.07 Å². The molecule has 0 bridgehead atoms. The highest BCUT2D eigenvalue weighted by Gasteiger charge is 2.12. The summed E-state index contributed by atoms with van der Waals surface area (Å²) in [6.07, 6.45) is 0. The maximum Gasteiger partial charge on any atom is 0.337 e. The molecule has 0 aliphatic heterocycles. The molecule has 0 radical (unpaired) electrons. The second-order valence-electron chi connectivity index (χ2n) is 3.57. The van der Waals surface area contributed by atoms with Crippen molar-refractivity contribution >= 4 is 40.3 Å². The highest BCUT2D eigenvalue weighted by atomic mass is 32.1. The quantitative estimate of drug-likeness (QED) is 0.753. The first-order chi connectivity index (χ1) is 8.58. The Morgan fingerprint density at radius 1 is 1.33 bits per heavy atom. The number of carboxylic acids is 1. The van der Waals surface area contributed by atoms with Gasteiger partial charge < -0.3 is 16.2 Å². The van der Waals surface area contributed by atoms with Crippen LogP contribution in [0.2, 0.25) is 0 Å². The minimum Gasteiger partial charge on any atom is -0.478 e. The van der Waals surface area contributed by atoms with Crippen molar-refractivity contribution in [1.29, 1.82) is 0 Å². The number of carbonyl (C=O) groups is 1. The predicted molar refractivity (Wildman–Crippen MR) is 77.1 cm³/mol. The molecule has 0 saturated carbocycles. The summed E-state index contributed by atoms with van der Waals surface area (Å²) in [5.41, 5.74) is 7.88. The van der Waals surface area contributed by atoms with Gasteiger partial charge >= 0.3 is 5.97 Å². The molecule has 1 aromatic carbocycles. The van der Waals surface area contributed by atoms with Crippen LogP contribution in [0.5, 0.6) is 0 Å². The second-order valence-corrected chi connectivity index (χ2v) is 4.79. The first-order valence-electron chi connectivity index (χ1n) is 5.04. The van der Waals surface area contributed by atoms with Crippen molar-refractivity contribution in [1.82, 2.24) is 0 Å². The molecule has 0 spiro atoms. The Balaban J connectivity index is 2.48. The van der Waals surface area contributed by atoms with Crippen molar-refractivity contribution in [2.24, 2.45) is 5.73 Å². The summed E-state index contributed by atoms with van der Waals surface area (Å²) in [5.74, 6) is -1.02. The third-order valence-electron chi connectivity index (χ3n) is 2.36. The van der Waals surface area contributed by atoms with Crippen LogP contribution in [0, 0.1) is 0 Å². The van der Waals surface area contributed by atoms with Crippen LogP contribution in [0.3, 0.4) is 0 Å². The van der Waals surface area contributed by atoms with E-state index in [0.717, 1.165) is 11.1 Å². The predicted octanol–water partition coefficient (Wildman–Crippen LogP) is 2.77. The molecule has 18 heavy (non-hydrogen) atoms. The number of thiophene rings is 1. The van der Waals surface area contributed by atoms with Crippen LogP contribution in [0.1, 0.15) is 10.4 Å². The number of hydrogen-bond donors (Lipinski definition) is 3. The topological polar surface area (TPSA) is 75.3 Å². The minimum absolute atomic E-state index is 0.0416. The molecule has 0 atom stereocenters. The zero-order chi connectivity index (χ0) is 13.1. The number of hydrogen-bond acceptors (Lipinski definition) is 3. The molecule has 1 aromatic heterocycles. The molecule has 0 unspecified atom stereocenters. The molecule has 0 fully saturated rings. The normalized spacial score (nSPS) is 10.0. The van der Waals surface area contributed by atoms with Gasteiger partial charge in [0.25, 0.3) is 0 Å². The Morgan fingerprint density at radius 2 is 2.11 bits per heavy atom. The Kier molecular flexibility index (Phi) is 3.59. The van der Waals surface area contributed by atoms with E-state index in [-0.39, 0.29) is 10.7 Å². The molecular formula is C12H10N2O2S2. The van der Waals surface area contributed by atoms with E-state index in [1.54, 1.807) is 23.5 Å². The van der Waals surface area contributed by atoms with E-state index < -0.39 is 5.97 Å². The van der Waals surface area contributed by atoms with Gasteiger partial charge in [0.15, 0.2) is 5.11 Å². The molecular weight excluding hydrogens is 268 g/mol. The molecule has 2 rings (SSSR count). The zero-order valence-electron chi connectivity index (χ0n) is 9.21. The largest absolute Gasteiger partial charge is 0.478 e. The van der Waals surface area contributed by atoms with E-state index in [1.807, 2.05) is 16.8 Å². The summed E-state index contributed by atoms with van der Waals surface area (Å²) in [6, 6.07) is 6.99. The zero-order valence-corrected chi connectivity index (χ0v) is 10.8. The standard InChI is InChI=1S/C12H10N2O2S2/c13-12(17)14-10-5-7(8-3-4-18-6-8)1-2-9(10)11(15)16/h1-6H,(H,15,16)(H3,13,14,17). The fourth-order valence-electron chi connectivity index (χ4n) is 1.58. The molecule has 0 aliphatic carbocycles. The van der Waals surface area contributed by atoms with Crippen LogP contribution < -0.4 is 11.1 Å². The van der Waals surface area contributed by atoms with Crippen LogP contribution in [-0.2, 0) is 0 Å². The van der Waals surface area contributed by atoms with Gasteiger partial charge in [0.1, 0.15) is 0 Å². The van der Waals surface area contributed by atoms with Gasteiger partial charge in [-0.25, -0.2) is 4.79 Å². The first kappa shape index (κ1) is 12.5. The molecule has 0 amide bonds. The summed E-state index contributed by atoms with van der Waals surface area (Å²) in [6.45, 7) is 0. The molecule has 2 aromatic rings. The maximum absolute atomic E-state index is 11.1. The van der Waals surface area contributed by atoms with E-state index in [9.17, 15) is 4.79 Å². The third kappa shape index (κ3) is 2.66. The number of thiocarbonyl (C=S) groups is 1. The fourth-order valence-corrected chi connectivity index (χ4v) is 2.35. The lowest BCUT2D eigenvalue weighted by molar-refractivity contribution is 0.0698. The summed E-state index contributed by atoms with van der Waals surface area (Å²) >= 11 is 6.32. The van der Waals surface area contributed by atoms with E-state index in [0.29, 0.717) is 5.69 Å². The van der Waals surface area contributed by atoms with Crippen molar-refractivity contribution in [3.63, 3.8) is 0 Å². The Bertz CT molecular complexity index is 594. The minimum atomic E-state index is -1.02. The lowest BCUT2D eigenvalue weighted by Gasteiger charge is -2.09. The third-order valence-corrected chi connectivity index (χ3v) is 3.15. The van der Waals surface area contributed by atoms with Gasteiger partial charge in [0, 0.05) is 0 Å². The van der Waals surface area contributed by atoms with Crippen LogP contribution in [-0.4, -0.2) is 16.2 Å². The van der Waals surface area contributed by atoms with E-state index in [2.05, 4.69) is 5.32 Å². The Hall–Kier alpha value is -1.92.